The molecule has 21 heavy (non-hydrogen) atoms. The third-order valence-electron chi connectivity index (χ3n) is 3.96. The Labute approximate surface area is 131 Å². The summed E-state index contributed by atoms with van der Waals surface area (Å²) in [5.41, 5.74) is 4.80. The van der Waals surface area contributed by atoms with E-state index in [-0.39, 0.29) is 0 Å². The molecule has 2 aromatic carbocycles. The second-order valence-corrected chi connectivity index (χ2v) is 6.08. The molecule has 2 aromatic rings. The summed E-state index contributed by atoms with van der Waals surface area (Å²) in [5.74, 6) is 1.57. The van der Waals surface area contributed by atoms with Crippen molar-refractivity contribution in [2.75, 3.05) is 12.4 Å². The van der Waals surface area contributed by atoms with Crippen molar-refractivity contribution in [1.29, 1.82) is 0 Å². The van der Waals surface area contributed by atoms with Gasteiger partial charge in [-0.2, -0.15) is 0 Å². The minimum absolute atomic E-state index is 0.730. The molecule has 0 saturated heterocycles. The number of methoxy groups -OCH3 is 1. The summed E-state index contributed by atoms with van der Waals surface area (Å²) in [4.78, 5) is 0. The average Bonchev–Trinajstić information content (AvgIpc) is 3.33. The van der Waals surface area contributed by atoms with E-state index in [1.54, 1.807) is 7.11 Å². The van der Waals surface area contributed by atoms with E-state index >= 15 is 0 Å². The zero-order valence-corrected chi connectivity index (χ0v) is 13.2. The summed E-state index contributed by atoms with van der Waals surface area (Å²) in [7, 11) is 1.67. The highest BCUT2D eigenvalue weighted by Gasteiger charge is 2.23. The predicted octanol–water partition coefficient (Wildman–Crippen LogP) is 5.15. The van der Waals surface area contributed by atoms with Crippen LogP contribution in [0.25, 0.3) is 0 Å². The number of hydrogen-bond donors (Lipinski definition) is 1. The van der Waals surface area contributed by atoms with Crippen molar-refractivity contribution >= 4 is 17.3 Å². The molecule has 0 amide bonds. The quantitative estimate of drug-likeness (QED) is 0.825. The van der Waals surface area contributed by atoms with Crippen LogP contribution in [0.4, 0.5) is 5.69 Å². The van der Waals surface area contributed by atoms with Gasteiger partial charge in [0.2, 0.25) is 0 Å². The van der Waals surface area contributed by atoms with Crippen molar-refractivity contribution in [2.24, 2.45) is 0 Å². The summed E-state index contributed by atoms with van der Waals surface area (Å²) in [6, 6.07) is 12.7. The minimum Gasteiger partial charge on any atom is -0.495 e. The molecule has 0 radical (unpaired) electrons. The first-order valence-corrected chi connectivity index (χ1v) is 7.72. The first-order chi connectivity index (χ1) is 10.2. The van der Waals surface area contributed by atoms with Crippen LogP contribution in [0.5, 0.6) is 5.75 Å². The topological polar surface area (TPSA) is 21.3 Å². The average molecular weight is 302 g/mol. The lowest BCUT2D eigenvalue weighted by Crippen LogP contribution is -2.02. The number of nitrogens with one attached hydrogen (secondary N) is 1. The Bertz CT molecular complexity index is 650. The molecule has 1 saturated carbocycles. The smallest absolute Gasteiger partial charge is 0.143 e. The van der Waals surface area contributed by atoms with Crippen LogP contribution in [-0.4, -0.2) is 7.11 Å². The Morgan fingerprint density at radius 1 is 1.24 bits per heavy atom. The van der Waals surface area contributed by atoms with Crippen LogP contribution in [0.2, 0.25) is 5.02 Å². The molecule has 0 aromatic heterocycles. The highest BCUT2D eigenvalue weighted by atomic mass is 35.5. The molecule has 0 unspecified atom stereocenters. The molecule has 1 aliphatic carbocycles. The van der Waals surface area contributed by atoms with Crippen LogP contribution in [0.1, 0.15) is 35.4 Å². The Morgan fingerprint density at radius 2 is 2.05 bits per heavy atom. The van der Waals surface area contributed by atoms with Crippen molar-refractivity contribution < 1.29 is 4.74 Å². The number of hydrogen-bond acceptors (Lipinski definition) is 2. The molecular formula is C18H20ClNO. The predicted molar refractivity (Wildman–Crippen MR) is 88.5 cm³/mol. The van der Waals surface area contributed by atoms with Crippen molar-refractivity contribution in [3.8, 4) is 5.75 Å². The Morgan fingerprint density at radius 3 is 2.76 bits per heavy atom. The van der Waals surface area contributed by atoms with Gasteiger partial charge in [-0.3, -0.25) is 0 Å². The van der Waals surface area contributed by atoms with Gasteiger partial charge < -0.3 is 10.1 Å². The van der Waals surface area contributed by atoms with Gasteiger partial charge in [0.1, 0.15) is 5.75 Å². The Kier molecular flexibility index (Phi) is 4.07. The Balaban J connectivity index is 1.75. The van der Waals surface area contributed by atoms with E-state index in [1.165, 1.54) is 24.0 Å². The van der Waals surface area contributed by atoms with Gasteiger partial charge in [-0.05, 0) is 48.4 Å². The van der Waals surface area contributed by atoms with Crippen LogP contribution in [0.15, 0.2) is 36.4 Å². The van der Waals surface area contributed by atoms with Gasteiger partial charge in [-0.15, -0.1) is 0 Å². The summed E-state index contributed by atoms with van der Waals surface area (Å²) >= 11 is 6.14. The van der Waals surface area contributed by atoms with Crippen molar-refractivity contribution in [2.45, 2.75) is 32.2 Å². The lowest BCUT2D eigenvalue weighted by molar-refractivity contribution is 0.416. The van der Waals surface area contributed by atoms with Gasteiger partial charge in [-0.1, -0.05) is 35.9 Å². The maximum Gasteiger partial charge on any atom is 0.143 e. The van der Waals surface area contributed by atoms with E-state index in [4.69, 9.17) is 16.3 Å². The van der Waals surface area contributed by atoms with Crippen LogP contribution in [0, 0.1) is 6.92 Å². The second-order valence-electron chi connectivity index (χ2n) is 5.67. The number of aryl methyl sites for hydroxylation is 1. The first-order valence-electron chi connectivity index (χ1n) is 7.34. The molecule has 3 rings (SSSR count). The second kappa shape index (κ2) is 5.98. The largest absolute Gasteiger partial charge is 0.495 e. The molecule has 0 bridgehead atoms. The van der Waals surface area contributed by atoms with E-state index in [0.717, 1.165) is 34.5 Å². The van der Waals surface area contributed by atoms with Crippen LogP contribution in [0.3, 0.4) is 0 Å². The highest BCUT2D eigenvalue weighted by Crippen LogP contribution is 2.40. The van der Waals surface area contributed by atoms with Crippen LogP contribution < -0.4 is 10.1 Å². The van der Waals surface area contributed by atoms with Crippen molar-refractivity contribution in [3.05, 3.63) is 58.1 Å². The third-order valence-corrected chi connectivity index (χ3v) is 4.37. The van der Waals surface area contributed by atoms with E-state index in [9.17, 15) is 0 Å². The van der Waals surface area contributed by atoms with Gasteiger partial charge in [0.05, 0.1) is 12.8 Å². The maximum absolute atomic E-state index is 6.14. The fourth-order valence-corrected chi connectivity index (χ4v) is 2.69. The summed E-state index contributed by atoms with van der Waals surface area (Å²) in [5, 5.41) is 4.18. The summed E-state index contributed by atoms with van der Waals surface area (Å²) in [6.07, 6.45) is 2.67. The van der Waals surface area contributed by atoms with Gasteiger partial charge in [-0.25, -0.2) is 0 Å². The van der Waals surface area contributed by atoms with E-state index in [2.05, 4.69) is 29.6 Å². The lowest BCUT2D eigenvalue weighted by atomic mass is 10.1. The van der Waals surface area contributed by atoms with E-state index in [1.807, 2.05) is 19.1 Å². The highest BCUT2D eigenvalue weighted by molar-refractivity contribution is 6.31. The van der Waals surface area contributed by atoms with Gasteiger partial charge in [0.25, 0.3) is 0 Å². The van der Waals surface area contributed by atoms with E-state index < -0.39 is 0 Å². The monoisotopic (exact) mass is 301 g/mol. The molecule has 0 atom stereocenters. The Hall–Kier alpha value is -1.67. The molecule has 0 spiro atoms. The van der Waals surface area contributed by atoms with Gasteiger partial charge in [0, 0.05) is 17.6 Å². The number of benzene rings is 2. The molecule has 0 aliphatic heterocycles. The number of ether oxygens (including phenoxy) is 1. The zero-order chi connectivity index (χ0) is 14.8. The lowest BCUT2D eigenvalue weighted by Gasteiger charge is -2.13. The number of rotatable bonds is 5. The van der Waals surface area contributed by atoms with Gasteiger partial charge in [0.15, 0.2) is 0 Å². The minimum atomic E-state index is 0.730. The normalized spacial score (nSPS) is 14.0. The number of anilines is 1. The first kappa shape index (κ1) is 14.3. The molecule has 2 nitrogen and oxygen atoms in total. The molecular weight excluding hydrogens is 282 g/mol. The zero-order valence-electron chi connectivity index (χ0n) is 12.4. The maximum atomic E-state index is 6.14. The fraction of sp³-hybridized carbons (Fsp3) is 0.333. The van der Waals surface area contributed by atoms with Crippen molar-refractivity contribution in [1.82, 2.24) is 0 Å². The molecule has 3 heteroatoms. The molecule has 1 N–H and O–H groups in total. The number of halogens is 1. The SMILES string of the molecule is COc1cc(Cl)c(C)cc1NCc1cccc(C2CC2)c1. The third kappa shape index (κ3) is 3.33. The molecule has 1 fully saturated rings. The standard InChI is InChI=1S/C18H20ClNO/c1-12-8-17(18(21-2)10-16(12)19)20-11-13-4-3-5-15(9-13)14-6-7-14/h3-5,8-10,14,20H,6-7,11H2,1-2H3. The molecule has 110 valence electrons. The van der Waals surface area contributed by atoms with Crippen LogP contribution >= 0.6 is 11.6 Å². The fourth-order valence-electron chi connectivity index (χ4n) is 2.54. The molecule has 0 heterocycles. The van der Waals surface area contributed by atoms with Gasteiger partial charge >= 0.3 is 0 Å². The summed E-state index contributed by atoms with van der Waals surface area (Å²) in [6.45, 7) is 2.79. The molecule has 1 aliphatic rings. The summed E-state index contributed by atoms with van der Waals surface area (Å²) < 4.78 is 5.39. The van der Waals surface area contributed by atoms with Crippen molar-refractivity contribution in [3.63, 3.8) is 0 Å². The van der Waals surface area contributed by atoms with Crippen LogP contribution in [-0.2, 0) is 6.54 Å². The van der Waals surface area contributed by atoms with E-state index in [0.29, 0.717) is 0 Å².